The summed E-state index contributed by atoms with van der Waals surface area (Å²) >= 11 is 5.12. The van der Waals surface area contributed by atoms with Crippen LogP contribution < -0.4 is 15.6 Å². The van der Waals surface area contributed by atoms with Crippen LogP contribution in [0.4, 0.5) is 11.4 Å². The van der Waals surface area contributed by atoms with Gasteiger partial charge in [0.05, 0.1) is 22.9 Å². The van der Waals surface area contributed by atoms with Crippen molar-refractivity contribution >= 4 is 45.1 Å². The highest BCUT2D eigenvalue weighted by atomic mass is 32.2. The molecule has 0 aliphatic carbocycles. The van der Waals surface area contributed by atoms with Gasteiger partial charge in [0.25, 0.3) is 10.0 Å². The van der Waals surface area contributed by atoms with Gasteiger partial charge in [0.1, 0.15) is 0 Å². The van der Waals surface area contributed by atoms with Gasteiger partial charge in [-0.15, -0.1) is 0 Å². The standard InChI is InChI=1S/C17H19N3O4S2/c1-3-24-17(25)13-6-9-16(15(18)10-13)20(19-11-21)26(22,23)14-7-4-12(2)5-8-14/h4-11H,3,18H2,1-2H3,(H,19,21). The molecular formula is C17H19N3O4S2. The van der Waals surface area contributed by atoms with E-state index in [4.69, 9.17) is 22.7 Å². The van der Waals surface area contributed by atoms with E-state index in [1.807, 2.05) is 6.92 Å². The zero-order valence-corrected chi connectivity index (χ0v) is 15.9. The minimum Gasteiger partial charge on any atom is -0.483 e. The molecule has 0 bridgehead atoms. The predicted octanol–water partition coefficient (Wildman–Crippen LogP) is 2.15. The van der Waals surface area contributed by atoms with E-state index in [2.05, 4.69) is 5.43 Å². The highest BCUT2D eigenvalue weighted by molar-refractivity contribution is 7.92. The van der Waals surface area contributed by atoms with Crippen molar-refractivity contribution in [3.05, 3.63) is 53.6 Å². The predicted molar refractivity (Wildman–Crippen MR) is 104 cm³/mol. The molecule has 0 saturated carbocycles. The van der Waals surface area contributed by atoms with E-state index in [-0.39, 0.29) is 27.7 Å². The summed E-state index contributed by atoms with van der Waals surface area (Å²) in [7, 11) is -4.05. The summed E-state index contributed by atoms with van der Waals surface area (Å²) in [5, 5.41) is 0.252. The molecule has 3 N–H and O–H groups in total. The van der Waals surface area contributed by atoms with E-state index >= 15 is 0 Å². The summed E-state index contributed by atoms with van der Waals surface area (Å²) in [4.78, 5) is 11.0. The van der Waals surface area contributed by atoms with Crippen molar-refractivity contribution in [2.45, 2.75) is 18.7 Å². The molecule has 26 heavy (non-hydrogen) atoms. The topological polar surface area (TPSA) is 102 Å². The van der Waals surface area contributed by atoms with Crippen LogP contribution in [-0.4, -0.2) is 26.5 Å². The molecule has 0 fully saturated rings. The van der Waals surface area contributed by atoms with E-state index in [0.29, 0.717) is 12.2 Å². The van der Waals surface area contributed by atoms with E-state index in [9.17, 15) is 13.2 Å². The summed E-state index contributed by atoms with van der Waals surface area (Å²) in [6.45, 7) is 4.05. The lowest BCUT2D eigenvalue weighted by atomic mass is 10.2. The van der Waals surface area contributed by atoms with Crippen LogP contribution in [0.5, 0.6) is 0 Å². The van der Waals surface area contributed by atoms with Gasteiger partial charge in [0, 0.05) is 5.56 Å². The minimum absolute atomic E-state index is 0.0192. The van der Waals surface area contributed by atoms with Crippen LogP contribution in [0.15, 0.2) is 47.4 Å². The third-order valence-corrected chi connectivity index (χ3v) is 5.49. The molecule has 138 valence electrons. The van der Waals surface area contributed by atoms with Crippen LogP contribution in [0, 0.1) is 6.92 Å². The van der Waals surface area contributed by atoms with Gasteiger partial charge in [-0.25, -0.2) is 0 Å². The average molecular weight is 393 g/mol. The molecule has 9 heteroatoms. The Hall–Kier alpha value is -2.65. The third-order valence-electron chi connectivity index (χ3n) is 3.49. The first-order chi connectivity index (χ1) is 12.3. The molecule has 0 aliphatic rings. The van der Waals surface area contributed by atoms with Crippen LogP contribution in [0.25, 0.3) is 0 Å². The Kier molecular flexibility index (Phi) is 6.17. The Morgan fingerprint density at radius 3 is 2.46 bits per heavy atom. The summed E-state index contributed by atoms with van der Waals surface area (Å²) < 4.78 is 31.8. The fourth-order valence-corrected chi connectivity index (χ4v) is 3.76. The number of hydrogen-bond donors (Lipinski definition) is 2. The molecule has 0 radical (unpaired) electrons. The van der Waals surface area contributed by atoms with Gasteiger partial charge in [0.15, 0.2) is 5.05 Å². The number of hydrazine groups is 1. The summed E-state index contributed by atoms with van der Waals surface area (Å²) in [6, 6.07) is 10.8. The number of ether oxygens (including phenoxy) is 1. The summed E-state index contributed by atoms with van der Waals surface area (Å²) in [6.07, 6.45) is 0.268. The highest BCUT2D eigenvalue weighted by Crippen LogP contribution is 2.28. The highest BCUT2D eigenvalue weighted by Gasteiger charge is 2.26. The summed E-state index contributed by atoms with van der Waals surface area (Å²) in [5.74, 6) is 0. The molecule has 2 aromatic carbocycles. The molecule has 0 aliphatic heterocycles. The van der Waals surface area contributed by atoms with Gasteiger partial charge in [-0.3, -0.25) is 10.2 Å². The van der Waals surface area contributed by atoms with Crippen molar-refractivity contribution < 1.29 is 17.9 Å². The smallest absolute Gasteiger partial charge is 0.281 e. The van der Waals surface area contributed by atoms with Crippen LogP contribution in [-0.2, 0) is 19.6 Å². The minimum atomic E-state index is -4.05. The third kappa shape index (κ3) is 4.12. The zero-order chi connectivity index (χ0) is 19.3. The first-order valence-corrected chi connectivity index (χ1v) is 9.54. The fraction of sp³-hybridized carbons (Fsp3) is 0.176. The van der Waals surface area contributed by atoms with E-state index in [0.717, 1.165) is 9.98 Å². The largest absolute Gasteiger partial charge is 0.483 e. The maximum atomic E-state index is 12.9. The molecule has 0 unspecified atom stereocenters. The van der Waals surface area contributed by atoms with Gasteiger partial charge >= 0.3 is 0 Å². The number of rotatable bonds is 7. The number of thiocarbonyl (C=S) groups is 1. The van der Waals surface area contributed by atoms with Crippen molar-refractivity contribution in [1.82, 2.24) is 5.43 Å². The number of nitrogens with two attached hydrogens (primary N) is 1. The molecule has 0 aromatic heterocycles. The van der Waals surface area contributed by atoms with Gasteiger partial charge in [-0.05, 0) is 56.4 Å². The lowest BCUT2D eigenvalue weighted by molar-refractivity contribution is -0.109. The second-order valence-corrected chi connectivity index (χ2v) is 7.48. The second kappa shape index (κ2) is 8.15. The number of aryl methyl sites for hydroxylation is 1. The number of carbonyl (C=O) groups is 1. The first-order valence-electron chi connectivity index (χ1n) is 7.69. The molecule has 0 saturated heterocycles. The number of nitrogens with zero attached hydrogens (tertiary/aromatic N) is 1. The van der Waals surface area contributed by atoms with Crippen molar-refractivity contribution in [2.75, 3.05) is 16.8 Å². The van der Waals surface area contributed by atoms with Gasteiger partial charge in [-0.2, -0.15) is 12.8 Å². The van der Waals surface area contributed by atoms with E-state index < -0.39 is 10.0 Å². The Bertz CT molecular complexity index is 912. The normalized spacial score (nSPS) is 10.8. The maximum Gasteiger partial charge on any atom is 0.281 e. The fourth-order valence-electron chi connectivity index (χ4n) is 2.21. The Morgan fingerprint density at radius 1 is 1.27 bits per heavy atom. The van der Waals surface area contributed by atoms with Crippen LogP contribution in [0.1, 0.15) is 18.1 Å². The number of nitrogens with one attached hydrogen (secondary N) is 1. The second-order valence-electron chi connectivity index (χ2n) is 5.32. The molecule has 0 heterocycles. The van der Waals surface area contributed by atoms with E-state index in [1.165, 1.54) is 24.3 Å². The number of benzene rings is 2. The SMILES string of the molecule is CCOC(=S)c1ccc(N(NC=O)S(=O)(=O)c2ccc(C)cc2)c(N)c1. The van der Waals surface area contributed by atoms with Crippen molar-refractivity contribution in [3.8, 4) is 0 Å². The van der Waals surface area contributed by atoms with Gasteiger partial charge < -0.3 is 10.5 Å². The number of nitrogen functional groups attached to an aromatic ring is 1. The number of hydrogen-bond acceptors (Lipinski definition) is 6. The molecule has 0 spiro atoms. The van der Waals surface area contributed by atoms with Gasteiger partial charge in [-0.1, -0.05) is 17.7 Å². The molecule has 0 atom stereocenters. The molecular weight excluding hydrogens is 374 g/mol. The van der Waals surface area contributed by atoms with Crippen molar-refractivity contribution in [1.29, 1.82) is 0 Å². The van der Waals surface area contributed by atoms with Crippen molar-refractivity contribution in [3.63, 3.8) is 0 Å². The first kappa shape index (κ1) is 19.7. The van der Waals surface area contributed by atoms with Crippen LogP contribution in [0.2, 0.25) is 0 Å². The molecule has 2 rings (SSSR count). The molecule has 7 nitrogen and oxygen atoms in total. The Morgan fingerprint density at radius 2 is 1.92 bits per heavy atom. The number of sulfonamides is 1. The maximum absolute atomic E-state index is 12.9. The van der Waals surface area contributed by atoms with Crippen molar-refractivity contribution in [2.24, 2.45) is 0 Å². The average Bonchev–Trinajstić information content (AvgIpc) is 2.60. The Balaban J connectivity index is 2.48. The van der Waals surface area contributed by atoms with Gasteiger partial charge in [0.2, 0.25) is 6.41 Å². The molecule has 2 aromatic rings. The van der Waals surface area contributed by atoms with Crippen LogP contribution >= 0.6 is 12.2 Å². The summed E-state index contributed by atoms with van der Waals surface area (Å²) in [5.41, 5.74) is 9.87. The quantitative estimate of drug-likeness (QED) is 0.323. The molecule has 1 amide bonds. The van der Waals surface area contributed by atoms with Crippen LogP contribution in [0.3, 0.4) is 0 Å². The Labute approximate surface area is 157 Å². The number of carbonyl (C=O) groups excluding carboxylic acids is 1. The lowest BCUT2D eigenvalue weighted by Gasteiger charge is -2.24. The lowest BCUT2D eigenvalue weighted by Crippen LogP contribution is -2.42. The monoisotopic (exact) mass is 393 g/mol. The number of anilines is 2. The van der Waals surface area contributed by atoms with E-state index in [1.54, 1.807) is 25.1 Å². The zero-order valence-electron chi connectivity index (χ0n) is 14.3. The number of amides is 1.